The van der Waals surface area contributed by atoms with Crippen LogP contribution in [-0.4, -0.2) is 48.6 Å². The van der Waals surface area contributed by atoms with Crippen LogP contribution in [0.15, 0.2) is 0 Å². The Morgan fingerprint density at radius 3 is 2.79 bits per heavy atom. The Morgan fingerprint density at radius 1 is 1.57 bits per heavy atom. The Hall–Kier alpha value is -0.650. The molecule has 1 amide bonds. The molecule has 0 heterocycles. The molecular weight excluding hydrogens is 186 g/mol. The molecule has 3 N–H and O–H groups in total. The Morgan fingerprint density at radius 2 is 2.29 bits per heavy atom. The maximum Gasteiger partial charge on any atom is 0.246 e. The van der Waals surface area contributed by atoms with Crippen LogP contribution in [0, 0.1) is 5.92 Å². The van der Waals surface area contributed by atoms with Gasteiger partial charge in [-0.2, -0.15) is 0 Å². The zero-order valence-electron chi connectivity index (χ0n) is 8.27. The highest BCUT2D eigenvalue weighted by Crippen LogP contribution is 2.25. The first kappa shape index (κ1) is 11.4. The van der Waals surface area contributed by atoms with E-state index in [0.29, 0.717) is 12.8 Å². The summed E-state index contributed by atoms with van der Waals surface area (Å²) in [7, 11) is 1.46. The maximum absolute atomic E-state index is 11.1. The Kier molecular flexibility index (Phi) is 4.31. The molecule has 5 heteroatoms. The lowest BCUT2D eigenvalue weighted by molar-refractivity contribution is -0.125. The minimum absolute atomic E-state index is 0.0299. The first-order valence-electron chi connectivity index (χ1n) is 4.74. The minimum atomic E-state index is -0.507. The first-order valence-corrected chi connectivity index (χ1v) is 4.74. The third-order valence-electron chi connectivity index (χ3n) is 2.53. The van der Waals surface area contributed by atoms with Crippen LogP contribution in [-0.2, 0) is 9.53 Å². The van der Waals surface area contributed by atoms with E-state index in [4.69, 9.17) is 5.11 Å². The number of carbonyl (C=O) groups is 1. The van der Waals surface area contributed by atoms with Crippen molar-refractivity contribution in [3.63, 3.8) is 0 Å². The van der Waals surface area contributed by atoms with Crippen molar-refractivity contribution in [2.24, 2.45) is 5.92 Å². The molecular formula is C9H17NO4. The Labute approximate surface area is 83.1 Å². The molecule has 5 nitrogen and oxygen atoms in total. The van der Waals surface area contributed by atoms with Gasteiger partial charge < -0.3 is 20.3 Å². The molecule has 0 spiro atoms. The van der Waals surface area contributed by atoms with Gasteiger partial charge in [0.1, 0.15) is 6.61 Å². The fourth-order valence-electron chi connectivity index (χ4n) is 1.82. The number of ether oxygens (including phenoxy) is 1. The summed E-state index contributed by atoms with van der Waals surface area (Å²) in [5.41, 5.74) is 0. The molecule has 82 valence electrons. The summed E-state index contributed by atoms with van der Waals surface area (Å²) in [6.07, 6.45) is 0.640. The van der Waals surface area contributed by atoms with Crippen LogP contribution in [0.25, 0.3) is 0 Å². The molecule has 1 saturated carbocycles. The SMILES string of the molecule is COCC(=O)N[C@@H]1C[C@@H](CO)[C@H](O)C1. The van der Waals surface area contributed by atoms with Crippen molar-refractivity contribution in [3.8, 4) is 0 Å². The predicted octanol–water partition coefficient (Wildman–Crippen LogP) is -1.12. The van der Waals surface area contributed by atoms with E-state index in [-0.39, 0.29) is 31.1 Å². The van der Waals surface area contributed by atoms with E-state index in [1.807, 2.05) is 0 Å². The molecule has 0 saturated heterocycles. The summed E-state index contributed by atoms with van der Waals surface area (Å²) in [6.45, 7) is 0.00814. The number of amides is 1. The lowest BCUT2D eigenvalue weighted by Crippen LogP contribution is -2.35. The van der Waals surface area contributed by atoms with Crippen LogP contribution in [0.3, 0.4) is 0 Å². The van der Waals surface area contributed by atoms with Crippen molar-refractivity contribution >= 4 is 5.91 Å². The van der Waals surface area contributed by atoms with Gasteiger partial charge in [-0.1, -0.05) is 0 Å². The van der Waals surface area contributed by atoms with Gasteiger partial charge >= 0.3 is 0 Å². The van der Waals surface area contributed by atoms with Gasteiger partial charge in [0, 0.05) is 25.7 Å². The zero-order valence-corrected chi connectivity index (χ0v) is 8.27. The van der Waals surface area contributed by atoms with E-state index in [1.54, 1.807) is 0 Å². The third-order valence-corrected chi connectivity index (χ3v) is 2.53. The second-order valence-electron chi connectivity index (χ2n) is 3.68. The van der Waals surface area contributed by atoms with Crippen molar-refractivity contribution < 1.29 is 19.7 Å². The molecule has 1 aliphatic rings. The van der Waals surface area contributed by atoms with Crippen LogP contribution in [0.4, 0.5) is 0 Å². The van der Waals surface area contributed by atoms with Crippen LogP contribution in [0.1, 0.15) is 12.8 Å². The summed E-state index contributed by atoms with van der Waals surface area (Å²) < 4.78 is 4.67. The topological polar surface area (TPSA) is 78.8 Å². The highest BCUT2D eigenvalue weighted by molar-refractivity contribution is 5.77. The highest BCUT2D eigenvalue weighted by atomic mass is 16.5. The minimum Gasteiger partial charge on any atom is -0.396 e. The number of rotatable bonds is 4. The molecule has 0 radical (unpaired) electrons. The van der Waals surface area contributed by atoms with Crippen molar-refractivity contribution in [1.29, 1.82) is 0 Å². The number of nitrogens with one attached hydrogen (secondary N) is 1. The number of carbonyl (C=O) groups excluding carboxylic acids is 1. The summed E-state index contributed by atoms with van der Waals surface area (Å²) in [6, 6.07) is -0.0372. The van der Waals surface area contributed by atoms with Gasteiger partial charge in [0.25, 0.3) is 0 Å². The fraction of sp³-hybridized carbons (Fsp3) is 0.889. The van der Waals surface area contributed by atoms with Gasteiger partial charge in [-0.05, 0) is 12.8 Å². The van der Waals surface area contributed by atoms with Gasteiger partial charge in [-0.25, -0.2) is 0 Å². The Balaban J connectivity index is 2.31. The lowest BCUT2D eigenvalue weighted by Gasteiger charge is -2.11. The average molecular weight is 203 g/mol. The van der Waals surface area contributed by atoms with E-state index < -0.39 is 6.10 Å². The number of methoxy groups -OCH3 is 1. The summed E-state index contributed by atoms with van der Waals surface area (Å²) >= 11 is 0. The molecule has 1 aliphatic carbocycles. The smallest absolute Gasteiger partial charge is 0.246 e. The third kappa shape index (κ3) is 2.94. The molecule has 1 rings (SSSR count). The van der Waals surface area contributed by atoms with Crippen LogP contribution in [0.5, 0.6) is 0 Å². The van der Waals surface area contributed by atoms with E-state index in [2.05, 4.69) is 10.1 Å². The van der Waals surface area contributed by atoms with Gasteiger partial charge in [-0.3, -0.25) is 4.79 Å². The Bertz CT molecular complexity index is 197. The second-order valence-corrected chi connectivity index (χ2v) is 3.68. The summed E-state index contributed by atoms with van der Waals surface area (Å²) in [4.78, 5) is 11.1. The number of hydrogen-bond acceptors (Lipinski definition) is 4. The second kappa shape index (κ2) is 5.29. The average Bonchev–Trinajstić information content (AvgIpc) is 2.46. The molecule has 0 aromatic heterocycles. The van der Waals surface area contributed by atoms with Gasteiger partial charge in [0.2, 0.25) is 5.91 Å². The number of hydrogen-bond donors (Lipinski definition) is 3. The van der Waals surface area contributed by atoms with E-state index in [0.717, 1.165) is 0 Å². The number of aliphatic hydroxyl groups is 2. The molecule has 0 unspecified atom stereocenters. The van der Waals surface area contributed by atoms with Crippen LogP contribution in [0.2, 0.25) is 0 Å². The van der Waals surface area contributed by atoms with Crippen molar-refractivity contribution in [2.45, 2.75) is 25.0 Å². The molecule has 3 atom stereocenters. The monoisotopic (exact) mass is 203 g/mol. The van der Waals surface area contributed by atoms with Crippen LogP contribution < -0.4 is 5.32 Å². The molecule has 0 bridgehead atoms. The standard InChI is InChI=1S/C9H17NO4/c1-14-5-9(13)10-7-2-6(4-11)8(12)3-7/h6-8,11-12H,2-5H2,1H3,(H,10,13)/t6-,7+,8+/m0/s1. The van der Waals surface area contributed by atoms with E-state index in [1.165, 1.54) is 7.11 Å². The maximum atomic E-state index is 11.1. The fourth-order valence-corrected chi connectivity index (χ4v) is 1.82. The van der Waals surface area contributed by atoms with Gasteiger partial charge in [0.05, 0.1) is 6.10 Å². The summed E-state index contributed by atoms with van der Waals surface area (Å²) in [5.74, 6) is -0.286. The van der Waals surface area contributed by atoms with E-state index in [9.17, 15) is 9.90 Å². The quantitative estimate of drug-likeness (QED) is 0.541. The van der Waals surface area contributed by atoms with Crippen LogP contribution >= 0.6 is 0 Å². The predicted molar refractivity (Wildman–Crippen MR) is 49.6 cm³/mol. The van der Waals surface area contributed by atoms with Crippen molar-refractivity contribution in [1.82, 2.24) is 5.32 Å². The van der Waals surface area contributed by atoms with Crippen molar-refractivity contribution in [2.75, 3.05) is 20.3 Å². The number of aliphatic hydroxyl groups excluding tert-OH is 2. The lowest BCUT2D eigenvalue weighted by atomic mass is 10.1. The van der Waals surface area contributed by atoms with Crippen molar-refractivity contribution in [3.05, 3.63) is 0 Å². The molecule has 0 aromatic rings. The summed E-state index contributed by atoms with van der Waals surface area (Å²) in [5, 5.41) is 21.1. The van der Waals surface area contributed by atoms with Gasteiger partial charge in [-0.15, -0.1) is 0 Å². The largest absolute Gasteiger partial charge is 0.396 e. The molecule has 1 fully saturated rings. The van der Waals surface area contributed by atoms with Gasteiger partial charge in [0.15, 0.2) is 0 Å². The molecule has 0 aromatic carbocycles. The molecule has 0 aliphatic heterocycles. The first-order chi connectivity index (χ1) is 6.67. The normalized spacial score (nSPS) is 31.8. The highest BCUT2D eigenvalue weighted by Gasteiger charge is 2.32. The zero-order chi connectivity index (χ0) is 10.6. The molecule has 14 heavy (non-hydrogen) atoms. The van der Waals surface area contributed by atoms with E-state index >= 15 is 0 Å².